The Labute approximate surface area is 135 Å². The Balaban J connectivity index is 2.22. The van der Waals surface area contributed by atoms with Gasteiger partial charge in [-0.25, -0.2) is 0 Å². The van der Waals surface area contributed by atoms with Crippen molar-refractivity contribution in [2.75, 3.05) is 13.7 Å². The van der Waals surface area contributed by atoms with E-state index in [1.807, 2.05) is 6.07 Å². The van der Waals surface area contributed by atoms with Crippen molar-refractivity contribution in [3.63, 3.8) is 0 Å². The van der Waals surface area contributed by atoms with Gasteiger partial charge in [-0.2, -0.15) is 0 Å². The highest BCUT2D eigenvalue weighted by atomic mass is 79.9. The Kier molecular flexibility index (Phi) is 6.27. The smallest absolute Gasteiger partial charge is 0.119 e. The lowest BCUT2D eigenvalue weighted by molar-refractivity contribution is 0.413. The summed E-state index contributed by atoms with van der Waals surface area (Å²) in [5.74, 6) is 0.899. The third kappa shape index (κ3) is 4.58. The lowest BCUT2D eigenvalue weighted by atomic mass is 9.98. The molecule has 2 aromatic rings. The SMILES string of the molecule is CCCNC(Cc1cc(OC)ccc1Br)c1ccccc1. The fraction of sp³-hybridized carbons (Fsp3) is 0.333. The number of ether oxygens (including phenoxy) is 1. The molecule has 0 bridgehead atoms. The molecule has 0 aliphatic carbocycles. The maximum Gasteiger partial charge on any atom is 0.119 e. The maximum atomic E-state index is 5.34. The van der Waals surface area contributed by atoms with Crippen molar-refractivity contribution in [1.82, 2.24) is 5.32 Å². The predicted molar refractivity (Wildman–Crippen MR) is 91.9 cm³/mol. The van der Waals surface area contributed by atoms with Crippen molar-refractivity contribution in [2.45, 2.75) is 25.8 Å². The van der Waals surface area contributed by atoms with Crippen LogP contribution in [0.15, 0.2) is 53.0 Å². The van der Waals surface area contributed by atoms with E-state index in [1.165, 1.54) is 11.1 Å². The van der Waals surface area contributed by atoms with Crippen LogP contribution in [-0.4, -0.2) is 13.7 Å². The van der Waals surface area contributed by atoms with Gasteiger partial charge in [0.15, 0.2) is 0 Å². The molecule has 0 heterocycles. The summed E-state index contributed by atoms with van der Waals surface area (Å²) in [6.45, 7) is 3.21. The Hall–Kier alpha value is -1.32. The molecule has 0 aromatic heterocycles. The van der Waals surface area contributed by atoms with Crippen molar-refractivity contribution in [3.8, 4) is 5.75 Å². The second-order valence-electron chi connectivity index (χ2n) is 5.08. The summed E-state index contributed by atoms with van der Waals surface area (Å²) < 4.78 is 6.46. The highest BCUT2D eigenvalue weighted by Gasteiger charge is 2.13. The minimum atomic E-state index is 0.314. The monoisotopic (exact) mass is 347 g/mol. The molecule has 0 aliphatic rings. The van der Waals surface area contributed by atoms with Crippen LogP contribution in [-0.2, 0) is 6.42 Å². The minimum absolute atomic E-state index is 0.314. The zero-order valence-corrected chi connectivity index (χ0v) is 14.2. The molecule has 0 radical (unpaired) electrons. The molecule has 0 amide bonds. The van der Waals surface area contributed by atoms with E-state index >= 15 is 0 Å². The second-order valence-corrected chi connectivity index (χ2v) is 5.93. The van der Waals surface area contributed by atoms with Crippen LogP contribution in [0.25, 0.3) is 0 Å². The first-order valence-corrected chi connectivity index (χ1v) is 8.14. The number of nitrogens with one attached hydrogen (secondary N) is 1. The molecule has 2 aromatic carbocycles. The van der Waals surface area contributed by atoms with Gasteiger partial charge in [-0.1, -0.05) is 53.2 Å². The van der Waals surface area contributed by atoms with Crippen molar-refractivity contribution in [3.05, 3.63) is 64.1 Å². The zero-order chi connectivity index (χ0) is 15.1. The van der Waals surface area contributed by atoms with E-state index in [-0.39, 0.29) is 0 Å². The van der Waals surface area contributed by atoms with Gasteiger partial charge in [-0.15, -0.1) is 0 Å². The Morgan fingerprint density at radius 2 is 1.90 bits per heavy atom. The summed E-state index contributed by atoms with van der Waals surface area (Å²) in [4.78, 5) is 0. The van der Waals surface area contributed by atoms with Crippen LogP contribution < -0.4 is 10.1 Å². The summed E-state index contributed by atoms with van der Waals surface area (Å²) in [7, 11) is 1.71. The summed E-state index contributed by atoms with van der Waals surface area (Å²) >= 11 is 3.65. The number of hydrogen-bond acceptors (Lipinski definition) is 2. The second kappa shape index (κ2) is 8.20. The summed E-state index contributed by atoms with van der Waals surface area (Å²) in [6.07, 6.45) is 2.06. The number of rotatable bonds is 7. The van der Waals surface area contributed by atoms with Gasteiger partial charge in [0.1, 0.15) is 5.75 Å². The molecule has 1 atom stereocenters. The Morgan fingerprint density at radius 3 is 2.57 bits per heavy atom. The highest BCUT2D eigenvalue weighted by Crippen LogP contribution is 2.27. The zero-order valence-electron chi connectivity index (χ0n) is 12.6. The average molecular weight is 348 g/mol. The lowest BCUT2D eigenvalue weighted by Gasteiger charge is -2.20. The van der Waals surface area contributed by atoms with Crippen LogP contribution in [0, 0.1) is 0 Å². The molecular formula is C18H22BrNO. The maximum absolute atomic E-state index is 5.34. The number of halogens is 1. The molecule has 1 N–H and O–H groups in total. The molecule has 2 rings (SSSR count). The van der Waals surface area contributed by atoms with Crippen LogP contribution >= 0.6 is 15.9 Å². The average Bonchev–Trinajstić information content (AvgIpc) is 2.54. The molecule has 0 saturated heterocycles. The molecular weight excluding hydrogens is 326 g/mol. The van der Waals surface area contributed by atoms with E-state index in [0.717, 1.165) is 29.6 Å². The predicted octanol–water partition coefficient (Wildman–Crippen LogP) is 4.74. The van der Waals surface area contributed by atoms with Gasteiger partial charge in [0.05, 0.1) is 7.11 Å². The highest BCUT2D eigenvalue weighted by molar-refractivity contribution is 9.10. The summed E-state index contributed by atoms with van der Waals surface area (Å²) in [5, 5.41) is 3.64. The Bertz CT molecular complexity index is 556. The third-order valence-electron chi connectivity index (χ3n) is 3.52. The molecule has 21 heavy (non-hydrogen) atoms. The molecule has 3 heteroatoms. The fourth-order valence-electron chi connectivity index (χ4n) is 2.37. The number of benzene rings is 2. The van der Waals surface area contributed by atoms with Crippen LogP contribution in [0.1, 0.15) is 30.5 Å². The van der Waals surface area contributed by atoms with E-state index < -0.39 is 0 Å². The quantitative estimate of drug-likeness (QED) is 0.780. The molecule has 0 saturated carbocycles. The first-order valence-electron chi connectivity index (χ1n) is 7.35. The van der Waals surface area contributed by atoms with Gasteiger partial charge in [-0.05, 0) is 48.7 Å². The van der Waals surface area contributed by atoms with E-state index in [4.69, 9.17) is 4.74 Å². The van der Waals surface area contributed by atoms with E-state index in [9.17, 15) is 0 Å². The van der Waals surface area contributed by atoms with Crippen LogP contribution in [0.2, 0.25) is 0 Å². The van der Waals surface area contributed by atoms with Gasteiger partial charge in [0.25, 0.3) is 0 Å². The standard InChI is InChI=1S/C18H22BrNO/c1-3-11-20-18(14-7-5-4-6-8-14)13-15-12-16(21-2)9-10-17(15)19/h4-10,12,18,20H,3,11,13H2,1-2H3. The molecule has 0 spiro atoms. The largest absolute Gasteiger partial charge is 0.497 e. The molecule has 112 valence electrons. The number of methoxy groups -OCH3 is 1. The van der Waals surface area contributed by atoms with Crippen molar-refractivity contribution < 1.29 is 4.74 Å². The molecule has 0 fully saturated rings. The van der Waals surface area contributed by atoms with Crippen LogP contribution in [0.5, 0.6) is 5.75 Å². The normalized spacial score (nSPS) is 12.1. The summed E-state index contributed by atoms with van der Waals surface area (Å²) in [5.41, 5.74) is 2.58. The van der Waals surface area contributed by atoms with Gasteiger partial charge >= 0.3 is 0 Å². The fourth-order valence-corrected chi connectivity index (χ4v) is 2.77. The third-order valence-corrected chi connectivity index (χ3v) is 4.29. The van der Waals surface area contributed by atoms with Crippen molar-refractivity contribution >= 4 is 15.9 Å². The van der Waals surface area contributed by atoms with E-state index in [1.54, 1.807) is 7.11 Å². The van der Waals surface area contributed by atoms with Gasteiger partial charge in [-0.3, -0.25) is 0 Å². The summed E-state index contributed by atoms with van der Waals surface area (Å²) in [6, 6.07) is 17.1. The number of hydrogen-bond donors (Lipinski definition) is 1. The van der Waals surface area contributed by atoms with Crippen molar-refractivity contribution in [2.24, 2.45) is 0 Å². The first-order chi connectivity index (χ1) is 10.2. The molecule has 0 aliphatic heterocycles. The van der Waals surface area contributed by atoms with Gasteiger partial charge in [0, 0.05) is 10.5 Å². The first kappa shape index (κ1) is 16.1. The molecule has 1 unspecified atom stereocenters. The molecule has 2 nitrogen and oxygen atoms in total. The Morgan fingerprint density at radius 1 is 1.14 bits per heavy atom. The topological polar surface area (TPSA) is 21.3 Å². The van der Waals surface area contributed by atoms with Crippen LogP contribution in [0.3, 0.4) is 0 Å². The van der Waals surface area contributed by atoms with Crippen LogP contribution in [0.4, 0.5) is 0 Å². The van der Waals surface area contributed by atoms with Gasteiger partial charge < -0.3 is 10.1 Å². The lowest BCUT2D eigenvalue weighted by Crippen LogP contribution is -2.24. The minimum Gasteiger partial charge on any atom is -0.497 e. The van der Waals surface area contributed by atoms with E-state index in [0.29, 0.717) is 6.04 Å². The van der Waals surface area contributed by atoms with Gasteiger partial charge in [0.2, 0.25) is 0 Å². The van der Waals surface area contributed by atoms with E-state index in [2.05, 4.69) is 70.6 Å². The van der Waals surface area contributed by atoms with Crippen molar-refractivity contribution in [1.29, 1.82) is 0 Å².